The van der Waals surface area contributed by atoms with E-state index >= 15 is 0 Å². The summed E-state index contributed by atoms with van der Waals surface area (Å²) in [5.74, 6) is 0.800. The number of aromatic nitrogens is 1. The number of hydrogen-bond acceptors (Lipinski definition) is 5. The number of anilines is 1. The van der Waals surface area contributed by atoms with Crippen molar-refractivity contribution in [3.8, 4) is 10.8 Å². The summed E-state index contributed by atoms with van der Waals surface area (Å²) in [7, 11) is 0. The van der Waals surface area contributed by atoms with Gasteiger partial charge in [0.15, 0.2) is 5.69 Å². The van der Waals surface area contributed by atoms with E-state index < -0.39 is 0 Å². The van der Waals surface area contributed by atoms with Crippen molar-refractivity contribution in [1.29, 1.82) is 0 Å². The average molecular weight is 445 g/mol. The summed E-state index contributed by atoms with van der Waals surface area (Å²) in [6.07, 6.45) is 0.689. The van der Waals surface area contributed by atoms with E-state index in [1.807, 2.05) is 17.5 Å². The normalized spacial score (nSPS) is 14.5. The van der Waals surface area contributed by atoms with Crippen LogP contribution in [0.2, 0.25) is 5.02 Å². The van der Waals surface area contributed by atoms with Gasteiger partial charge in [0.25, 0.3) is 5.91 Å². The second-order valence-electron chi connectivity index (χ2n) is 6.97. The van der Waals surface area contributed by atoms with Gasteiger partial charge in [-0.1, -0.05) is 17.7 Å². The highest BCUT2D eigenvalue weighted by atomic mass is 35.5. The molecule has 1 aliphatic heterocycles. The fourth-order valence-electron chi connectivity index (χ4n) is 3.31. The Balaban J connectivity index is 1.39. The summed E-state index contributed by atoms with van der Waals surface area (Å²) in [4.78, 5) is 34.4. The van der Waals surface area contributed by atoms with E-state index in [-0.39, 0.29) is 11.9 Å². The van der Waals surface area contributed by atoms with E-state index in [2.05, 4.69) is 10.3 Å². The first-order chi connectivity index (χ1) is 14.5. The number of carbonyl (C=O) groups excluding carboxylic acids is 2. The third-order valence-electron chi connectivity index (χ3n) is 4.90. The molecule has 0 bridgehead atoms. The molecule has 0 unspecified atom stereocenters. The topological polar surface area (TPSA) is 78.7 Å². The Bertz CT molecular complexity index is 1030. The van der Waals surface area contributed by atoms with Crippen LogP contribution in [0.5, 0.6) is 0 Å². The molecule has 1 saturated heterocycles. The highest BCUT2D eigenvalue weighted by Crippen LogP contribution is 2.26. The summed E-state index contributed by atoms with van der Waals surface area (Å²) in [5, 5.41) is 5.42. The largest absolute Gasteiger partial charge is 0.440 e. The molecule has 0 spiro atoms. The molecule has 2 aromatic heterocycles. The van der Waals surface area contributed by atoms with Crippen LogP contribution in [0, 0.1) is 6.92 Å². The summed E-state index contributed by atoms with van der Waals surface area (Å²) in [6.45, 7) is 3.76. The maximum Gasteiger partial charge on any atom is 0.321 e. The lowest BCUT2D eigenvalue weighted by molar-refractivity contribution is 0.0755. The van der Waals surface area contributed by atoms with E-state index in [0.717, 1.165) is 4.88 Å². The molecule has 3 heterocycles. The number of carbonyl (C=O) groups is 2. The van der Waals surface area contributed by atoms with Crippen LogP contribution >= 0.6 is 22.9 Å². The lowest BCUT2D eigenvalue weighted by atomic mass is 10.3. The van der Waals surface area contributed by atoms with Crippen molar-refractivity contribution in [2.45, 2.75) is 13.3 Å². The van der Waals surface area contributed by atoms with Crippen LogP contribution in [-0.2, 0) is 0 Å². The Morgan fingerprint density at radius 2 is 1.83 bits per heavy atom. The minimum Gasteiger partial charge on any atom is -0.440 e. The van der Waals surface area contributed by atoms with Gasteiger partial charge in [0.2, 0.25) is 5.89 Å². The van der Waals surface area contributed by atoms with Gasteiger partial charge in [-0.2, -0.15) is 0 Å². The van der Waals surface area contributed by atoms with Crippen LogP contribution in [0.1, 0.15) is 22.7 Å². The van der Waals surface area contributed by atoms with Gasteiger partial charge in [0.1, 0.15) is 5.76 Å². The van der Waals surface area contributed by atoms with Crippen LogP contribution in [0.15, 0.2) is 46.2 Å². The zero-order valence-electron chi connectivity index (χ0n) is 16.4. The first-order valence-electron chi connectivity index (χ1n) is 9.63. The molecule has 30 heavy (non-hydrogen) atoms. The molecule has 0 radical (unpaired) electrons. The summed E-state index contributed by atoms with van der Waals surface area (Å²) in [5.41, 5.74) is 1.01. The molecule has 3 aromatic rings. The number of thiophene rings is 1. The van der Waals surface area contributed by atoms with Gasteiger partial charge >= 0.3 is 6.03 Å². The summed E-state index contributed by atoms with van der Waals surface area (Å²) < 4.78 is 5.70. The minimum atomic E-state index is -0.191. The number of urea groups is 1. The van der Waals surface area contributed by atoms with Gasteiger partial charge in [-0.25, -0.2) is 9.78 Å². The lowest BCUT2D eigenvalue weighted by Crippen LogP contribution is -2.39. The number of aryl methyl sites for hydroxylation is 1. The molecule has 1 aromatic carbocycles. The molecule has 4 rings (SSSR count). The quantitative estimate of drug-likeness (QED) is 0.632. The second-order valence-corrected chi connectivity index (χ2v) is 8.36. The number of nitrogens with zero attached hydrogens (tertiary/aromatic N) is 3. The Labute approximate surface area is 183 Å². The number of amides is 3. The third kappa shape index (κ3) is 4.49. The summed E-state index contributed by atoms with van der Waals surface area (Å²) in [6, 6.07) is 10.6. The van der Waals surface area contributed by atoms with Gasteiger partial charge in [-0.15, -0.1) is 11.3 Å². The zero-order valence-corrected chi connectivity index (χ0v) is 18.0. The van der Waals surface area contributed by atoms with Crippen LogP contribution in [-0.4, -0.2) is 52.9 Å². The molecule has 1 aliphatic rings. The first kappa shape index (κ1) is 20.4. The van der Waals surface area contributed by atoms with Crippen molar-refractivity contribution < 1.29 is 14.0 Å². The predicted octanol–water partition coefficient (Wildman–Crippen LogP) is 4.74. The molecular weight excluding hydrogens is 424 g/mol. The van der Waals surface area contributed by atoms with Gasteiger partial charge in [0, 0.05) is 36.9 Å². The number of halogens is 1. The Morgan fingerprint density at radius 1 is 1.10 bits per heavy atom. The van der Waals surface area contributed by atoms with Crippen LogP contribution in [0.4, 0.5) is 10.5 Å². The molecular formula is C21H21ClN4O3S. The number of benzene rings is 1. The van der Waals surface area contributed by atoms with Gasteiger partial charge in [-0.3, -0.25) is 4.79 Å². The van der Waals surface area contributed by atoms with E-state index in [4.69, 9.17) is 16.0 Å². The monoisotopic (exact) mass is 444 g/mol. The highest BCUT2D eigenvalue weighted by molar-refractivity contribution is 7.13. The molecule has 0 aliphatic carbocycles. The fourth-order valence-corrected chi connectivity index (χ4v) is 4.08. The molecule has 0 saturated carbocycles. The van der Waals surface area contributed by atoms with E-state index in [1.165, 1.54) is 11.3 Å². The maximum absolute atomic E-state index is 13.0. The van der Waals surface area contributed by atoms with Crippen molar-refractivity contribution in [2.24, 2.45) is 0 Å². The molecule has 1 fully saturated rings. The van der Waals surface area contributed by atoms with E-state index in [1.54, 1.807) is 41.0 Å². The molecule has 0 atom stereocenters. The number of nitrogens with one attached hydrogen (secondary N) is 1. The van der Waals surface area contributed by atoms with E-state index in [0.29, 0.717) is 60.7 Å². The highest BCUT2D eigenvalue weighted by Gasteiger charge is 2.27. The van der Waals surface area contributed by atoms with Gasteiger partial charge < -0.3 is 19.5 Å². The summed E-state index contributed by atoms with van der Waals surface area (Å²) >= 11 is 7.40. The standard InChI is InChI=1S/C21H21ClN4O3S/c1-14-18(24-19(29-14)17-4-2-13-30-17)20(27)25-9-3-10-26(12-11-25)21(28)23-16-7-5-15(22)6-8-16/h2,4-8,13H,3,9-12H2,1H3,(H,23,28). The lowest BCUT2D eigenvalue weighted by Gasteiger charge is -2.22. The first-order valence-corrected chi connectivity index (χ1v) is 10.9. The molecule has 9 heteroatoms. The van der Waals surface area contributed by atoms with Crippen LogP contribution in [0.3, 0.4) is 0 Å². The third-order valence-corrected chi connectivity index (χ3v) is 6.01. The predicted molar refractivity (Wildman–Crippen MR) is 117 cm³/mol. The fraction of sp³-hybridized carbons (Fsp3) is 0.286. The van der Waals surface area contributed by atoms with Crippen LogP contribution in [0.25, 0.3) is 10.8 Å². The van der Waals surface area contributed by atoms with Crippen molar-refractivity contribution in [3.05, 3.63) is 58.3 Å². The van der Waals surface area contributed by atoms with Gasteiger partial charge in [-0.05, 0) is 49.1 Å². The molecule has 7 nitrogen and oxygen atoms in total. The minimum absolute atomic E-state index is 0.168. The molecule has 1 N–H and O–H groups in total. The Morgan fingerprint density at radius 3 is 2.57 bits per heavy atom. The Hall–Kier alpha value is -2.84. The van der Waals surface area contributed by atoms with Crippen molar-refractivity contribution >= 4 is 40.6 Å². The molecule has 156 valence electrons. The SMILES string of the molecule is Cc1oc(-c2cccs2)nc1C(=O)N1CCCN(C(=O)Nc2ccc(Cl)cc2)CC1. The smallest absolute Gasteiger partial charge is 0.321 e. The maximum atomic E-state index is 13.0. The average Bonchev–Trinajstić information content (AvgIpc) is 3.33. The Kier molecular flexibility index (Phi) is 6.06. The number of hydrogen-bond donors (Lipinski definition) is 1. The second kappa shape index (κ2) is 8.89. The van der Waals surface area contributed by atoms with Gasteiger partial charge in [0.05, 0.1) is 4.88 Å². The van der Waals surface area contributed by atoms with Crippen LogP contribution < -0.4 is 5.32 Å². The van der Waals surface area contributed by atoms with E-state index in [9.17, 15) is 9.59 Å². The van der Waals surface area contributed by atoms with Crippen molar-refractivity contribution in [2.75, 3.05) is 31.5 Å². The number of rotatable bonds is 3. The van der Waals surface area contributed by atoms with Crippen molar-refractivity contribution in [1.82, 2.24) is 14.8 Å². The van der Waals surface area contributed by atoms with Crippen molar-refractivity contribution in [3.63, 3.8) is 0 Å². The number of oxazole rings is 1. The zero-order chi connectivity index (χ0) is 21.1. The molecule has 3 amide bonds.